The average Bonchev–Trinajstić information content (AvgIpc) is 2.71. The van der Waals surface area contributed by atoms with Crippen LogP contribution in [0.1, 0.15) is 18.0 Å². The van der Waals surface area contributed by atoms with E-state index in [4.69, 9.17) is 5.73 Å². The van der Waals surface area contributed by atoms with Gasteiger partial charge < -0.3 is 5.73 Å². The first-order valence-corrected chi connectivity index (χ1v) is 6.23. The molecule has 0 spiro atoms. The van der Waals surface area contributed by atoms with Gasteiger partial charge in [-0.25, -0.2) is 4.39 Å². The van der Waals surface area contributed by atoms with Gasteiger partial charge in [0.05, 0.1) is 10.5 Å². The number of rotatable bonds is 2. The Kier molecular flexibility index (Phi) is 3.32. The van der Waals surface area contributed by atoms with E-state index >= 15 is 0 Å². The largest absolute Gasteiger partial charge is 0.322 e. The molecule has 0 fully saturated rings. The molecule has 0 saturated carbocycles. The summed E-state index contributed by atoms with van der Waals surface area (Å²) >= 11 is 4.55. The minimum atomic E-state index is -0.291. The normalized spacial score (nSPS) is 12.8. The summed E-state index contributed by atoms with van der Waals surface area (Å²) in [5, 5.41) is 9.52. The van der Waals surface area contributed by atoms with E-state index in [9.17, 15) is 4.39 Å². The second kappa shape index (κ2) is 4.57. The molecule has 1 heterocycles. The highest BCUT2D eigenvalue weighted by Gasteiger charge is 2.10. The lowest BCUT2D eigenvalue weighted by Gasteiger charge is -1.98. The van der Waals surface area contributed by atoms with Crippen LogP contribution < -0.4 is 5.73 Å². The number of nitrogens with two attached hydrogens (primary N) is 1. The molecule has 84 valence electrons. The quantitative estimate of drug-likeness (QED) is 0.927. The first kappa shape index (κ1) is 11.6. The number of hydrogen-bond acceptors (Lipinski definition) is 4. The summed E-state index contributed by atoms with van der Waals surface area (Å²) < 4.78 is 13.5. The van der Waals surface area contributed by atoms with E-state index in [0.717, 1.165) is 15.6 Å². The fourth-order valence-electron chi connectivity index (χ4n) is 1.16. The van der Waals surface area contributed by atoms with Gasteiger partial charge in [-0.3, -0.25) is 0 Å². The first-order chi connectivity index (χ1) is 7.58. The summed E-state index contributed by atoms with van der Waals surface area (Å²) in [5.41, 5.74) is 6.53. The molecule has 0 aliphatic heterocycles. The molecule has 2 rings (SSSR count). The van der Waals surface area contributed by atoms with Crippen molar-refractivity contribution < 1.29 is 4.39 Å². The topological polar surface area (TPSA) is 51.8 Å². The van der Waals surface area contributed by atoms with Gasteiger partial charge in [0.2, 0.25) is 0 Å². The molecule has 6 heteroatoms. The van der Waals surface area contributed by atoms with Crippen molar-refractivity contribution in [3.63, 3.8) is 0 Å². The average molecular weight is 302 g/mol. The summed E-state index contributed by atoms with van der Waals surface area (Å²) in [4.78, 5) is 0. The molecule has 2 aromatic rings. The van der Waals surface area contributed by atoms with Crippen LogP contribution in [0, 0.1) is 5.82 Å². The third kappa shape index (κ3) is 2.28. The fourth-order valence-corrected chi connectivity index (χ4v) is 2.34. The lowest BCUT2D eigenvalue weighted by Crippen LogP contribution is -2.03. The van der Waals surface area contributed by atoms with Gasteiger partial charge in [-0.05, 0) is 41.1 Å². The number of nitrogens with zero attached hydrogens (tertiary/aromatic N) is 2. The molecule has 0 aliphatic carbocycles. The van der Waals surface area contributed by atoms with Gasteiger partial charge >= 0.3 is 0 Å². The van der Waals surface area contributed by atoms with Crippen molar-refractivity contribution in [1.29, 1.82) is 0 Å². The van der Waals surface area contributed by atoms with Crippen molar-refractivity contribution in [2.24, 2.45) is 5.73 Å². The van der Waals surface area contributed by atoms with Gasteiger partial charge in [0.25, 0.3) is 0 Å². The minimum Gasteiger partial charge on any atom is -0.322 e. The van der Waals surface area contributed by atoms with Crippen molar-refractivity contribution in [3.8, 4) is 10.6 Å². The van der Waals surface area contributed by atoms with Crippen molar-refractivity contribution in [2.45, 2.75) is 13.0 Å². The summed E-state index contributed by atoms with van der Waals surface area (Å²) in [6.45, 7) is 1.85. The highest BCUT2D eigenvalue weighted by Crippen LogP contribution is 2.28. The summed E-state index contributed by atoms with van der Waals surface area (Å²) in [5.74, 6) is -0.291. The van der Waals surface area contributed by atoms with Crippen LogP contribution in [0.25, 0.3) is 10.6 Å². The Morgan fingerprint density at radius 2 is 2.19 bits per heavy atom. The van der Waals surface area contributed by atoms with Crippen LogP contribution in [0.5, 0.6) is 0 Å². The van der Waals surface area contributed by atoms with Crippen LogP contribution in [0.2, 0.25) is 0 Å². The standard InChI is InChI=1S/C10H9BrFN3S/c1-5(13)9-14-15-10(16-9)6-2-3-8(12)7(11)4-6/h2-5H,13H2,1H3. The molecule has 0 saturated heterocycles. The van der Waals surface area contributed by atoms with Crippen molar-refractivity contribution >= 4 is 27.3 Å². The van der Waals surface area contributed by atoms with Crippen LogP contribution in [0.3, 0.4) is 0 Å². The Morgan fingerprint density at radius 1 is 1.44 bits per heavy atom. The molecule has 0 bridgehead atoms. The van der Waals surface area contributed by atoms with Crippen molar-refractivity contribution in [3.05, 3.63) is 33.5 Å². The van der Waals surface area contributed by atoms with Crippen LogP contribution in [-0.2, 0) is 0 Å². The maximum absolute atomic E-state index is 13.0. The van der Waals surface area contributed by atoms with Gasteiger partial charge in [-0.2, -0.15) is 0 Å². The van der Waals surface area contributed by atoms with Crippen LogP contribution in [-0.4, -0.2) is 10.2 Å². The van der Waals surface area contributed by atoms with E-state index < -0.39 is 0 Å². The van der Waals surface area contributed by atoms with Gasteiger partial charge in [-0.15, -0.1) is 10.2 Å². The van der Waals surface area contributed by atoms with Crippen LogP contribution in [0.4, 0.5) is 4.39 Å². The lowest BCUT2D eigenvalue weighted by atomic mass is 10.2. The summed E-state index contributed by atoms with van der Waals surface area (Å²) in [6.07, 6.45) is 0. The Balaban J connectivity index is 2.39. The van der Waals surface area contributed by atoms with E-state index in [1.165, 1.54) is 17.4 Å². The van der Waals surface area contributed by atoms with Gasteiger partial charge in [0, 0.05) is 5.56 Å². The summed E-state index contributed by atoms with van der Waals surface area (Å²) in [7, 11) is 0. The van der Waals surface area contributed by atoms with Crippen molar-refractivity contribution in [1.82, 2.24) is 10.2 Å². The molecule has 1 aromatic carbocycles. The molecule has 16 heavy (non-hydrogen) atoms. The minimum absolute atomic E-state index is 0.130. The maximum atomic E-state index is 13.0. The molecule has 3 nitrogen and oxygen atoms in total. The van der Waals surface area contributed by atoms with Crippen LogP contribution >= 0.6 is 27.3 Å². The highest BCUT2D eigenvalue weighted by molar-refractivity contribution is 9.10. The maximum Gasteiger partial charge on any atom is 0.147 e. The number of hydrogen-bond donors (Lipinski definition) is 1. The third-order valence-electron chi connectivity index (χ3n) is 2.00. The number of halogens is 2. The van der Waals surface area contributed by atoms with E-state index in [0.29, 0.717) is 4.47 Å². The molecule has 0 radical (unpaired) electrons. The molecule has 1 unspecified atom stereocenters. The smallest absolute Gasteiger partial charge is 0.147 e. The molecular formula is C10H9BrFN3S. The number of benzene rings is 1. The summed E-state index contributed by atoms with van der Waals surface area (Å²) in [6, 6.07) is 4.62. The van der Waals surface area contributed by atoms with Gasteiger partial charge in [0.1, 0.15) is 15.8 Å². The van der Waals surface area contributed by atoms with E-state index in [1.54, 1.807) is 12.1 Å². The van der Waals surface area contributed by atoms with E-state index in [1.807, 2.05) is 6.92 Å². The lowest BCUT2D eigenvalue weighted by molar-refractivity contribution is 0.621. The molecule has 0 aliphatic rings. The predicted octanol–water partition coefficient (Wildman–Crippen LogP) is 3.13. The molecule has 1 atom stereocenters. The Labute approximate surface area is 105 Å². The SMILES string of the molecule is CC(N)c1nnc(-c2ccc(F)c(Br)c2)s1. The zero-order chi connectivity index (χ0) is 11.7. The molecule has 0 amide bonds. The van der Waals surface area contributed by atoms with E-state index in [2.05, 4.69) is 26.1 Å². The Morgan fingerprint density at radius 3 is 2.75 bits per heavy atom. The van der Waals surface area contributed by atoms with Crippen molar-refractivity contribution in [2.75, 3.05) is 0 Å². The second-order valence-electron chi connectivity index (χ2n) is 3.36. The number of aromatic nitrogens is 2. The van der Waals surface area contributed by atoms with Crippen LogP contribution in [0.15, 0.2) is 22.7 Å². The third-order valence-corrected chi connectivity index (χ3v) is 3.78. The molecule has 1 aromatic heterocycles. The Bertz CT molecular complexity index is 513. The zero-order valence-electron chi connectivity index (χ0n) is 8.45. The predicted molar refractivity (Wildman–Crippen MR) is 65.6 cm³/mol. The van der Waals surface area contributed by atoms with Gasteiger partial charge in [-0.1, -0.05) is 11.3 Å². The second-order valence-corrected chi connectivity index (χ2v) is 5.23. The monoisotopic (exact) mass is 301 g/mol. The Hall–Kier alpha value is -0.850. The fraction of sp³-hybridized carbons (Fsp3) is 0.200. The molecule has 2 N–H and O–H groups in total. The highest BCUT2D eigenvalue weighted by atomic mass is 79.9. The zero-order valence-corrected chi connectivity index (χ0v) is 10.8. The van der Waals surface area contributed by atoms with Gasteiger partial charge in [0.15, 0.2) is 0 Å². The first-order valence-electron chi connectivity index (χ1n) is 4.62. The van der Waals surface area contributed by atoms with E-state index in [-0.39, 0.29) is 11.9 Å². The molecular weight excluding hydrogens is 293 g/mol.